The van der Waals surface area contributed by atoms with Crippen molar-refractivity contribution in [1.82, 2.24) is 9.97 Å². The van der Waals surface area contributed by atoms with Gasteiger partial charge in [-0.05, 0) is 11.5 Å². The number of nitrogens with zero attached hydrogens (tertiary/aromatic N) is 2. The molecule has 1 heterocycles. The minimum atomic E-state index is 0.0705. The number of aromatic nitrogens is 2. The van der Waals surface area contributed by atoms with E-state index in [9.17, 15) is 0 Å². The third-order valence-electron chi connectivity index (χ3n) is 2.20. The van der Waals surface area contributed by atoms with Crippen LogP contribution in [0.4, 0.5) is 5.95 Å². The Hall–Kier alpha value is -1.12. The molecule has 0 spiro atoms. The van der Waals surface area contributed by atoms with Crippen LogP contribution < -0.4 is 5.32 Å². The van der Waals surface area contributed by atoms with Crippen LogP contribution in [0.15, 0.2) is 12.3 Å². The van der Waals surface area contributed by atoms with Crippen LogP contribution in [0.5, 0.6) is 0 Å². The molecule has 0 radical (unpaired) electrons. The number of hydrogen-bond donors (Lipinski definition) is 1. The van der Waals surface area contributed by atoms with Gasteiger partial charge < -0.3 is 5.32 Å². The first-order valence-corrected chi connectivity index (χ1v) is 5.76. The summed E-state index contributed by atoms with van der Waals surface area (Å²) in [5, 5.41) is 3.27. The molecule has 0 atom stereocenters. The molecule has 1 rings (SSSR count). The van der Waals surface area contributed by atoms with Crippen LogP contribution in [0.1, 0.15) is 47.2 Å². The molecule has 0 bridgehead atoms. The van der Waals surface area contributed by atoms with Crippen LogP contribution in [0.3, 0.4) is 0 Å². The second kappa shape index (κ2) is 4.40. The van der Waals surface area contributed by atoms with Crippen molar-refractivity contribution in [3.63, 3.8) is 0 Å². The lowest BCUT2D eigenvalue weighted by atomic mass is 9.92. The molecule has 0 saturated carbocycles. The van der Waals surface area contributed by atoms with Gasteiger partial charge in [0.25, 0.3) is 0 Å². The molecule has 0 amide bonds. The van der Waals surface area contributed by atoms with Crippen molar-refractivity contribution in [1.29, 1.82) is 0 Å². The zero-order valence-corrected chi connectivity index (χ0v) is 11.3. The van der Waals surface area contributed by atoms with E-state index < -0.39 is 0 Å². The fourth-order valence-corrected chi connectivity index (χ4v) is 1.21. The first kappa shape index (κ1) is 12.9. The average Bonchev–Trinajstić information content (AvgIpc) is 2.13. The van der Waals surface area contributed by atoms with Gasteiger partial charge in [-0.2, -0.15) is 0 Å². The summed E-state index contributed by atoms with van der Waals surface area (Å²) in [5.74, 6) is 0.724. The number of hydrogen-bond acceptors (Lipinski definition) is 3. The maximum absolute atomic E-state index is 4.52. The van der Waals surface area contributed by atoms with Crippen molar-refractivity contribution in [2.24, 2.45) is 5.41 Å². The fourth-order valence-electron chi connectivity index (χ4n) is 1.21. The fraction of sp³-hybridized carbons (Fsp3) is 0.692. The molecule has 0 aliphatic heterocycles. The van der Waals surface area contributed by atoms with Gasteiger partial charge in [0, 0.05) is 18.2 Å². The highest BCUT2D eigenvalue weighted by atomic mass is 15.1. The summed E-state index contributed by atoms with van der Waals surface area (Å²) in [4.78, 5) is 8.76. The van der Waals surface area contributed by atoms with Gasteiger partial charge in [-0.15, -0.1) is 0 Å². The summed E-state index contributed by atoms with van der Waals surface area (Å²) in [5.41, 5.74) is 1.38. The Kier molecular flexibility index (Phi) is 3.56. The zero-order valence-electron chi connectivity index (χ0n) is 11.3. The molecular formula is C13H23N3. The standard InChI is InChI=1S/C13H23N3/c1-12(2,3)9-15-11-14-8-7-10(16-11)13(4,5)6/h7-8H,9H2,1-6H3,(H,14,15,16). The van der Waals surface area contributed by atoms with Crippen LogP contribution in [0.2, 0.25) is 0 Å². The summed E-state index contributed by atoms with van der Waals surface area (Å²) >= 11 is 0. The van der Waals surface area contributed by atoms with Crippen LogP contribution >= 0.6 is 0 Å². The van der Waals surface area contributed by atoms with E-state index in [-0.39, 0.29) is 10.8 Å². The number of anilines is 1. The molecular weight excluding hydrogens is 198 g/mol. The van der Waals surface area contributed by atoms with E-state index in [2.05, 4.69) is 56.8 Å². The Morgan fingerprint density at radius 1 is 1.12 bits per heavy atom. The van der Waals surface area contributed by atoms with E-state index in [0.717, 1.165) is 18.2 Å². The van der Waals surface area contributed by atoms with Gasteiger partial charge in [0.05, 0.1) is 5.69 Å². The minimum absolute atomic E-state index is 0.0705. The van der Waals surface area contributed by atoms with Crippen molar-refractivity contribution in [2.45, 2.75) is 47.0 Å². The Morgan fingerprint density at radius 2 is 1.75 bits per heavy atom. The van der Waals surface area contributed by atoms with Crippen molar-refractivity contribution >= 4 is 5.95 Å². The Balaban J connectivity index is 2.76. The summed E-state index contributed by atoms with van der Waals surface area (Å²) < 4.78 is 0. The molecule has 0 fully saturated rings. The van der Waals surface area contributed by atoms with E-state index in [1.807, 2.05) is 12.3 Å². The maximum Gasteiger partial charge on any atom is 0.222 e. The molecule has 1 aromatic heterocycles. The molecule has 1 aromatic rings. The van der Waals surface area contributed by atoms with Gasteiger partial charge in [-0.3, -0.25) is 0 Å². The van der Waals surface area contributed by atoms with Crippen molar-refractivity contribution < 1.29 is 0 Å². The molecule has 3 nitrogen and oxygen atoms in total. The minimum Gasteiger partial charge on any atom is -0.354 e. The van der Waals surface area contributed by atoms with E-state index in [1.165, 1.54) is 0 Å². The van der Waals surface area contributed by atoms with Gasteiger partial charge in [-0.25, -0.2) is 9.97 Å². The second-order valence-corrected chi connectivity index (χ2v) is 6.43. The number of nitrogens with one attached hydrogen (secondary N) is 1. The second-order valence-electron chi connectivity index (χ2n) is 6.43. The highest BCUT2D eigenvalue weighted by Gasteiger charge is 2.16. The van der Waals surface area contributed by atoms with Gasteiger partial charge in [0.2, 0.25) is 5.95 Å². The maximum atomic E-state index is 4.52. The van der Waals surface area contributed by atoms with E-state index >= 15 is 0 Å². The molecule has 0 aliphatic rings. The number of rotatable bonds is 2. The lowest BCUT2D eigenvalue weighted by molar-refractivity contribution is 0.441. The van der Waals surface area contributed by atoms with Crippen LogP contribution in [0, 0.1) is 5.41 Å². The highest BCUT2D eigenvalue weighted by Crippen LogP contribution is 2.20. The molecule has 0 saturated heterocycles. The smallest absolute Gasteiger partial charge is 0.222 e. The predicted octanol–water partition coefficient (Wildman–Crippen LogP) is 3.23. The molecule has 0 unspecified atom stereocenters. The summed E-state index contributed by atoms with van der Waals surface area (Å²) in [6.45, 7) is 13.9. The van der Waals surface area contributed by atoms with E-state index in [1.54, 1.807) is 0 Å². The summed E-state index contributed by atoms with van der Waals surface area (Å²) in [6, 6.07) is 1.97. The molecule has 1 N–H and O–H groups in total. The summed E-state index contributed by atoms with van der Waals surface area (Å²) in [7, 11) is 0. The predicted molar refractivity (Wildman–Crippen MR) is 68.7 cm³/mol. The van der Waals surface area contributed by atoms with Gasteiger partial charge in [0.1, 0.15) is 0 Å². The quantitative estimate of drug-likeness (QED) is 0.833. The van der Waals surface area contributed by atoms with Crippen molar-refractivity contribution in [3.8, 4) is 0 Å². The SMILES string of the molecule is CC(C)(C)CNc1nccc(C(C)(C)C)n1. The molecule has 90 valence electrons. The average molecular weight is 221 g/mol. The topological polar surface area (TPSA) is 37.8 Å². The summed E-state index contributed by atoms with van der Waals surface area (Å²) in [6.07, 6.45) is 1.82. The van der Waals surface area contributed by atoms with Crippen molar-refractivity contribution in [2.75, 3.05) is 11.9 Å². The molecule has 3 heteroatoms. The largest absolute Gasteiger partial charge is 0.354 e. The van der Waals surface area contributed by atoms with Crippen LogP contribution in [0.25, 0.3) is 0 Å². The first-order chi connectivity index (χ1) is 7.18. The normalized spacial score (nSPS) is 12.6. The van der Waals surface area contributed by atoms with Crippen LogP contribution in [-0.4, -0.2) is 16.5 Å². The Morgan fingerprint density at radius 3 is 2.25 bits per heavy atom. The zero-order chi connectivity index (χ0) is 12.4. The Bertz CT molecular complexity index is 345. The molecule has 0 aliphatic carbocycles. The highest BCUT2D eigenvalue weighted by molar-refractivity contribution is 5.27. The van der Waals surface area contributed by atoms with E-state index in [0.29, 0.717) is 0 Å². The Labute approximate surface area is 98.7 Å². The third kappa shape index (κ3) is 4.17. The molecule has 16 heavy (non-hydrogen) atoms. The lowest BCUT2D eigenvalue weighted by Gasteiger charge is -2.21. The molecule has 0 aromatic carbocycles. The van der Waals surface area contributed by atoms with E-state index in [4.69, 9.17) is 0 Å². The monoisotopic (exact) mass is 221 g/mol. The van der Waals surface area contributed by atoms with Crippen LogP contribution in [-0.2, 0) is 5.41 Å². The first-order valence-electron chi connectivity index (χ1n) is 5.76. The van der Waals surface area contributed by atoms with Gasteiger partial charge in [0.15, 0.2) is 0 Å². The lowest BCUT2D eigenvalue weighted by Crippen LogP contribution is -2.21. The van der Waals surface area contributed by atoms with Crippen molar-refractivity contribution in [3.05, 3.63) is 18.0 Å². The van der Waals surface area contributed by atoms with Gasteiger partial charge >= 0.3 is 0 Å². The third-order valence-corrected chi connectivity index (χ3v) is 2.20. The van der Waals surface area contributed by atoms with Gasteiger partial charge in [-0.1, -0.05) is 41.5 Å².